The van der Waals surface area contributed by atoms with Gasteiger partial charge in [-0.15, -0.1) is 22.7 Å². The van der Waals surface area contributed by atoms with Crippen molar-refractivity contribution in [3.05, 3.63) is 55.5 Å². The standard InChI is InChI=1S/C19H17ClN2O3S2/c1-19(2)9-22(8-10-7-13(17(23)21-25)27-16(10)19)18(24)15-14(20)11-5-3-4-6-12(11)26-15/h3-7,25H,8-9H2,1-2H3,(H,21,23). The molecule has 0 spiro atoms. The fourth-order valence-corrected chi connectivity index (χ4v) is 6.17. The van der Waals surface area contributed by atoms with Crippen LogP contribution in [0.25, 0.3) is 10.1 Å². The van der Waals surface area contributed by atoms with Crippen LogP contribution in [0.15, 0.2) is 30.3 Å². The summed E-state index contributed by atoms with van der Waals surface area (Å²) in [6, 6.07) is 9.46. The third kappa shape index (κ3) is 3.04. The van der Waals surface area contributed by atoms with Crippen molar-refractivity contribution >= 4 is 56.2 Å². The van der Waals surface area contributed by atoms with E-state index in [-0.39, 0.29) is 11.3 Å². The molecular weight excluding hydrogens is 404 g/mol. The first-order chi connectivity index (χ1) is 12.8. The molecule has 27 heavy (non-hydrogen) atoms. The normalized spacial score (nSPS) is 15.6. The molecule has 5 nitrogen and oxygen atoms in total. The highest BCUT2D eigenvalue weighted by molar-refractivity contribution is 7.21. The molecule has 3 aromatic rings. The molecule has 2 amide bonds. The second kappa shape index (κ2) is 6.60. The van der Waals surface area contributed by atoms with E-state index in [0.29, 0.717) is 27.9 Å². The van der Waals surface area contributed by atoms with Crippen molar-refractivity contribution in [2.45, 2.75) is 25.8 Å². The first-order valence-corrected chi connectivity index (χ1v) is 10.4. The number of hydrogen-bond acceptors (Lipinski definition) is 5. The third-order valence-electron chi connectivity index (χ3n) is 4.71. The summed E-state index contributed by atoms with van der Waals surface area (Å²) in [6.45, 7) is 5.05. The number of nitrogens with one attached hydrogen (secondary N) is 1. The van der Waals surface area contributed by atoms with Gasteiger partial charge in [0, 0.05) is 33.5 Å². The zero-order valence-electron chi connectivity index (χ0n) is 14.7. The van der Waals surface area contributed by atoms with Gasteiger partial charge in [-0.1, -0.05) is 43.6 Å². The lowest BCUT2D eigenvalue weighted by molar-refractivity contribution is 0.0694. The number of halogens is 1. The van der Waals surface area contributed by atoms with Gasteiger partial charge < -0.3 is 4.90 Å². The Hall–Kier alpha value is -1.93. The molecular formula is C19H17ClN2O3S2. The predicted molar refractivity (Wildman–Crippen MR) is 108 cm³/mol. The molecule has 0 unspecified atom stereocenters. The lowest BCUT2D eigenvalue weighted by atomic mass is 9.85. The molecule has 3 heterocycles. The number of carbonyl (C=O) groups excluding carboxylic acids is 2. The lowest BCUT2D eigenvalue weighted by Crippen LogP contribution is -2.44. The SMILES string of the molecule is CC1(C)CN(C(=O)c2sc3ccccc3c2Cl)Cc2cc(C(=O)NO)sc21. The summed E-state index contributed by atoms with van der Waals surface area (Å²) in [4.78, 5) is 28.8. The molecule has 0 radical (unpaired) electrons. The molecule has 0 saturated carbocycles. The number of nitrogens with zero attached hydrogens (tertiary/aromatic N) is 1. The summed E-state index contributed by atoms with van der Waals surface area (Å²) in [7, 11) is 0. The van der Waals surface area contributed by atoms with E-state index in [1.54, 1.807) is 16.4 Å². The maximum Gasteiger partial charge on any atom is 0.284 e. The molecule has 8 heteroatoms. The quantitative estimate of drug-likeness (QED) is 0.467. The highest BCUT2D eigenvalue weighted by Crippen LogP contribution is 2.41. The van der Waals surface area contributed by atoms with E-state index in [1.165, 1.54) is 22.7 Å². The van der Waals surface area contributed by atoms with Crippen molar-refractivity contribution in [1.82, 2.24) is 10.4 Å². The van der Waals surface area contributed by atoms with Crippen LogP contribution >= 0.6 is 34.3 Å². The average molecular weight is 421 g/mol. The summed E-state index contributed by atoms with van der Waals surface area (Å²) in [6.07, 6.45) is 0. The zero-order valence-corrected chi connectivity index (χ0v) is 17.1. The Kier molecular flexibility index (Phi) is 4.50. The summed E-state index contributed by atoms with van der Waals surface area (Å²) < 4.78 is 0.986. The van der Waals surface area contributed by atoms with Crippen molar-refractivity contribution in [2.75, 3.05) is 6.54 Å². The van der Waals surface area contributed by atoms with Crippen LogP contribution in [-0.2, 0) is 12.0 Å². The molecule has 4 rings (SSSR count). The van der Waals surface area contributed by atoms with Crippen LogP contribution in [0.4, 0.5) is 0 Å². The molecule has 0 aliphatic carbocycles. The van der Waals surface area contributed by atoms with Crippen LogP contribution in [0.3, 0.4) is 0 Å². The highest BCUT2D eigenvalue weighted by Gasteiger charge is 2.37. The molecule has 1 aliphatic heterocycles. The second-order valence-corrected chi connectivity index (χ2v) is 9.67. The van der Waals surface area contributed by atoms with E-state index in [0.717, 1.165) is 20.5 Å². The molecule has 0 saturated heterocycles. The van der Waals surface area contributed by atoms with E-state index in [2.05, 4.69) is 13.8 Å². The van der Waals surface area contributed by atoms with Crippen LogP contribution in [-0.4, -0.2) is 28.5 Å². The molecule has 1 aromatic carbocycles. The molecule has 2 N–H and O–H groups in total. The van der Waals surface area contributed by atoms with Crippen LogP contribution < -0.4 is 5.48 Å². The van der Waals surface area contributed by atoms with E-state index < -0.39 is 5.91 Å². The number of benzene rings is 1. The molecule has 140 valence electrons. The van der Waals surface area contributed by atoms with E-state index in [9.17, 15) is 9.59 Å². The smallest absolute Gasteiger partial charge is 0.284 e. The second-order valence-electron chi connectivity index (χ2n) is 7.19. The highest BCUT2D eigenvalue weighted by atomic mass is 35.5. The van der Waals surface area contributed by atoms with Crippen molar-refractivity contribution in [1.29, 1.82) is 0 Å². The van der Waals surface area contributed by atoms with Gasteiger partial charge in [0.15, 0.2) is 0 Å². The molecule has 0 atom stereocenters. The lowest BCUT2D eigenvalue weighted by Gasteiger charge is -2.37. The number of hydrogen-bond donors (Lipinski definition) is 2. The number of fused-ring (bicyclic) bond motifs is 2. The number of hydroxylamine groups is 1. The summed E-state index contributed by atoms with van der Waals surface area (Å²) in [5, 5.41) is 10.3. The van der Waals surface area contributed by atoms with Gasteiger partial charge in [-0.25, -0.2) is 5.48 Å². The summed E-state index contributed by atoms with van der Waals surface area (Å²) >= 11 is 9.25. The van der Waals surface area contributed by atoms with Gasteiger partial charge in [-0.05, 0) is 17.7 Å². The van der Waals surface area contributed by atoms with Gasteiger partial charge in [0.25, 0.3) is 11.8 Å². The first-order valence-electron chi connectivity index (χ1n) is 8.36. The number of amides is 2. The largest absolute Gasteiger partial charge is 0.333 e. The van der Waals surface area contributed by atoms with Gasteiger partial charge in [-0.3, -0.25) is 14.8 Å². The maximum absolute atomic E-state index is 13.2. The number of rotatable bonds is 2. The van der Waals surface area contributed by atoms with Crippen LogP contribution in [0.2, 0.25) is 5.02 Å². The van der Waals surface area contributed by atoms with E-state index in [4.69, 9.17) is 16.8 Å². The molecule has 1 aliphatic rings. The minimum absolute atomic E-state index is 0.0979. The number of thiophene rings is 2. The fraction of sp³-hybridized carbons (Fsp3) is 0.263. The summed E-state index contributed by atoms with van der Waals surface area (Å²) in [5.41, 5.74) is 2.31. The molecule has 0 fully saturated rings. The Bertz CT molecular complexity index is 1070. The van der Waals surface area contributed by atoms with Crippen LogP contribution in [0.5, 0.6) is 0 Å². The van der Waals surface area contributed by atoms with E-state index >= 15 is 0 Å². The van der Waals surface area contributed by atoms with Gasteiger partial charge in [0.1, 0.15) is 4.88 Å². The average Bonchev–Trinajstić information content (AvgIpc) is 3.22. The number of carbonyl (C=O) groups is 2. The Labute approximate surface area is 169 Å². The van der Waals surface area contributed by atoms with Crippen LogP contribution in [0.1, 0.15) is 43.6 Å². The zero-order chi connectivity index (χ0) is 19.3. The van der Waals surface area contributed by atoms with E-state index in [1.807, 2.05) is 24.3 Å². The third-order valence-corrected chi connectivity index (χ3v) is 7.92. The van der Waals surface area contributed by atoms with Gasteiger partial charge >= 0.3 is 0 Å². The minimum Gasteiger partial charge on any atom is -0.333 e. The Morgan fingerprint density at radius 2 is 2.00 bits per heavy atom. The Morgan fingerprint density at radius 3 is 2.70 bits per heavy atom. The van der Waals surface area contributed by atoms with Crippen molar-refractivity contribution in [2.24, 2.45) is 0 Å². The molecule has 0 bridgehead atoms. The predicted octanol–water partition coefficient (Wildman–Crippen LogP) is 4.67. The van der Waals surface area contributed by atoms with Crippen molar-refractivity contribution in [3.63, 3.8) is 0 Å². The Morgan fingerprint density at radius 1 is 1.26 bits per heavy atom. The van der Waals surface area contributed by atoms with Crippen molar-refractivity contribution in [3.8, 4) is 0 Å². The van der Waals surface area contributed by atoms with Gasteiger partial charge in [0.2, 0.25) is 0 Å². The summed E-state index contributed by atoms with van der Waals surface area (Å²) in [5.74, 6) is -0.630. The van der Waals surface area contributed by atoms with Crippen LogP contribution in [0, 0.1) is 0 Å². The maximum atomic E-state index is 13.2. The van der Waals surface area contributed by atoms with Gasteiger partial charge in [0.05, 0.1) is 9.90 Å². The minimum atomic E-state index is -0.532. The van der Waals surface area contributed by atoms with Crippen molar-refractivity contribution < 1.29 is 14.8 Å². The van der Waals surface area contributed by atoms with Gasteiger partial charge in [-0.2, -0.15) is 0 Å². The monoisotopic (exact) mass is 420 g/mol. The molecule has 2 aromatic heterocycles. The topological polar surface area (TPSA) is 69.6 Å². The fourth-order valence-electron chi connectivity index (χ4n) is 3.54. The Balaban J connectivity index is 1.71. The first kappa shape index (κ1) is 18.4.